The van der Waals surface area contributed by atoms with Gasteiger partial charge in [-0.2, -0.15) is 0 Å². The first-order valence-electron chi connectivity index (χ1n) is 6.53. The maximum Gasteiger partial charge on any atom is 0.0249 e. The van der Waals surface area contributed by atoms with Crippen LogP contribution in [0.1, 0.15) is 32.1 Å². The Morgan fingerprint density at radius 2 is 2.20 bits per heavy atom. The van der Waals surface area contributed by atoms with Crippen LogP contribution in [0.5, 0.6) is 0 Å². The smallest absolute Gasteiger partial charge is 0.0249 e. The number of nitrogens with zero attached hydrogens (tertiary/aromatic N) is 1. The first-order chi connectivity index (χ1) is 7.34. The summed E-state index contributed by atoms with van der Waals surface area (Å²) in [4.78, 5) is 2.63. The van der Waals surface area contributed by atoms with E-state index in [-0.39, 0.29) is 0 Å². The molecule has 3 aliphatic rings. The molecule has 3 unspecified atom stereocenters. The molecule has 3 heterocycles. The minimum atomic E-state index is 0.739. The van der Waals surface area contributed by atoms with Crippen LogP contribution in [-0.2, 0) is 0 Å². The van der Waals surface area contributed by atoms with Crippen molar-refractivity contribution in [3.63, 3.8) is 0 Å². The van der Waals surface area contributed by atoms with E-state index < -0.39 is 0 Å². The van der Waals surface area contributed by atoms with E-state index in [1.54, 1.807) is 0 Å². The lowest BCUT2D eigenvalue weighted by Gasteiger charge is -2.32. The second-order valence-corrected chi connectivity index (χ2v) is 5.52. The third kappa shape index (κ3) is 1.81. The molecular weight excluding hydrogens is 186 g/mol. The molecule has 3 aliphatic heterocycles. The third-order valence-corrected chi connectivity index (χ3v) is 4.64. The Hall–Kier alpha value is -0.120. The Labute approximate surface area is 92.6 Å². The first kappa shape index (κ1) is 10.1. The van der Waals surface area contributed by atoms with Gasteiger partial charge in [-0.1, -0.05) is 6.42 Å². The van der Waals surface area contributed by atoms with Crippen LogP contribution in [0.25, 0.3) is 0 Å². The second kappa shape index (κ2) is 4.04. The number of nitrogens with one attached hydrogen (secondary N) is 2. The topological polar surface area (TPSA) is 27.3 Å². The lowest BCUT2D eigenvalue weighted by molar-refractivity contribution is 0.168. The number of piperidine rings is 1. The zero-order valence-corrected chi connectivity index (χ0v) is 9.71. The standard InChI is InChI=1S/C12H23N3/c1-15-10-3-2-4-12(15)11(7-10)14-9-5-6-13-8-9/h9-14H,2-8H2,1H3/t9-,10?,11?,12?/m0/s1. The predicted molar refractivity (Wildman–Crippen MR) is 62.0 cm³/mol. The van der Waals surface area contributed by atoms with E-state index in [4.69, 9.17) is 0 Å². The highest BCUT2D eigenvalue weighted by Crippen LogP contribution is 2.34. The van der Waals surface area contributed by atoms with Gasteiger partial charge in [0, 0.05) is 30.7 Å². The molecule has 0 saturated carbocycles. The molecule has 86 valence electrons. The van der Waals surface area contributed by atoms with Crippen molar-refractivity contribution in [3.8, 4) is 0 Å². The molecule has 0 spiro atoms. The van der Waals surface area contributed by atoms with Crippen LogP contribution in [-0.4, -0.2) is 49.2 Å². The van der Waals surface area contributed by atoms with Crippen molar-refractivity contribution in [2.45, 2.75) is 56.3 Å². The summed E-state index contributed by atoms with van der Waals surface area (Å²) >= 11 is 0. The van der Waals surface area contributed by atoms with E-state index in [9.17, 15) is 0 Å². The maximum atomic E-state index is 3.88. The van der Waals surface area contributed by atoms with Gasteiger partial charge < -0.3 is 10.6 Å². The van der Waals surface area contributed by atoms with E-state index in [0.29, 0.717) is 0 Å². The molecule has 2 bridgehead atoms. The van der Waals surface area contributed by atoms with Crippen molar-refractivity contribution in [3.05, 3.63) is 0 Å². The molecule has 15 heavy (non-hydrogen) atoms. The summed E-state index contributed by atoms with van der Waals surface area (Å²) in [5.74, 6) is 0. The zero-order valence-electron chi connectivity index (χ0n) is 9.71. The van der Waals surface area contributed by atoms with Crippen molar-refractivity contribution in [2.75, 3.05) is 20.1 Å². The largest absolute Gasteiger partial charge is 0.315 e. The molecule has 4 atom stereocenters. The van der Waals surface area contributed by atoms with Crippen LogP contribution in [0, 0.1) is 0 Å². The summed E-state index contributed by atoms with van der Waals surface area (Å²) in [5.41, 5.74) is 0. The Morgan fingerprint density at radius 1 is 1.27 bits per heavy atom. The van der Waals surface area contributed by atoms with Crippen LogP contribution >= 0.6 is 0 Å². The highest BCUT2D eigenvalue weighted by atomic mass is 15.2. The minimum Gasteiger partial charge on any atom is -0.315 e. The monoisotopic (exact) mass is 209 g/mol. The van der Waals surface area contributed by atoms with E-state index in [1.165, 1.54) is 45.2 Å². The molecule has 0 amide bonds. The molecule has 3 rings (SSSR count). The fourth-order valence-electron chi connectivity index (χ4n) is 3.74. The van der Waals surface area contributed by atoms with Gasteiger partial charge >= 0.3 is 0 Å². The second-order valence-electron chi connectivity index (χ2n) is 5.52. The zero-order chi connectivity index (χ0) is 10.3. The van der Waals surface area contributed by atoms with Gasteiger partial charge in [0.2, 0.25) is 0 Å². The van der Waals surface area contributed by atoms with Gasteiger partial charge in [0.1, 0.15) is 0 Å². The Morgan fingerprint density at radius 3 is 2.93 bits per heavy atom. The molecule has 3 heteroatoms. The normalized spacial score (nSPS) is 46.2. The van der Waals surface area contributed by atoms with Gasteiger partial charge in [-0.15, -0.1) is 0 Å². The summed E-state index contributed by atoms with van der Waals surface area (Å²) in [5, 5.41) is 7.32. The van der Waals surface area contributed by atoms with Crippen molar-refractivity contribution in [1.82, 2.24) is 15.5 Å². The van der Waals surface area contributed by atoms with Crippen LogP contribution < -0.4 is 10.6 Å². The summed E-state index contributed by atoms with van der Waals surface area (Å²) in [6, 6.07) is 3.20. The first-order valence-corrected chi connectivity index (χ1v) is 6.53. The van der Waals surface area contributed by atoms with Gasteiger partial charge in [-0.25, -0.2) is 0 Å². The average molecular weight is 209 g/mol. The lowest BCUT2D eigenvalue weighted by atomic mass is 10.0. The molecule has 3 fully saturated rings. The van der Waals surface area contributed by atoms with Crippen LogP contribution in [0.3, 0.4) is 0 Å². The molecule has 0 aromatic heterocycles. The van der Waals surface area contributed by atoms with Gasteiger partial charge in [-0.05, 0) is 39.3 Å². The summed E-state index contributed by atoms with van der Waals surface area (Å²) < 4.78 is 0. The number of hydrogen-bond donors (Lipinski definition) is 2. The SMILES string of the molecule is CN1C2CCCC1C(N[C@H]1CCNC1)C2. The van der Waals surface area contributed by atoms with E-state index in [2.05, 4.69) is 22.6 Å². The Kier molecular flexibility index (Phi) is 2.71. The van der Waals surface area contributed by atoms with E-state index in [1.807, 2.05) is 0 Å². The number of likely N-dealkylation sites (N-methyl/N-ethyl adjacent to an activating group) is 1. The fourth-order valence-corrected chi connectivity index (χ4v) is 3.74. The van der Waals surface area contributed by atoms with Gasteiger partial charge in [0.05, 0.1) is 0 Å². The van der Waals surface area contributed by atoms with Crippen LogP contribution in [0.15, 0.2) is 0 Å². The summed E-state index contributed by atoms with van der Waals surface area (Å²) in [6.07, 6.45) is 6.98. The third-order valence-electron chi connectivity index (χ3n) is 4.64. The van der Waals surface area contributed by atoms with Gasteiger partial charge in [0.15, 0.2) is 0 Å². The molecule has 3 saturated heterocycles. The predicted octanol–water partition coefficient (Wildman–Crippen LogP) is 0.563. The quantitative estimate of drug-likeness (QED) is 0.696. The molecule has 3 nitrogen and oxygen atoms in total. The number of hydrogen-bond acceptors (Lipinski definition) is 3. The van der Waals surface area contributed by atoms with Crippen molar-refractivity contribution in [2.24, 2.45) is 0 Å². The Bertz CT molecular complexity index is 225. The van der Waals surface area contributed by atoms with Crippen molar-refractivity contribution in [1.29, 1.82) is 0 Å². The Balaban J connectivity index is 1.62. The van der Waals surface area contributed by atoms with Crippen LogP contribution in [0.2, 0.25) is 0 Å². The highest BCUT2D eigenvalue weighted by molar-refractivity contribution is 5.01. The summed E-state index contributed by atoms with van der Waals surface area (Å²) in [6.45, 7) is 2.38. The molecule has 0 aliphatic carbocycles. The lowest BCUT2D eigenvalue weighted by Crippen LogP contribution is -2.47. The van der Waals surface area contributed by atoms with Crippen molar-refractivity contribution >= 4 is 0 Å². The van der Waals surface area contributed by atoms with Crippen LogP contribution in [0.4, 0.5) is 0 Å². The van der Waals surface area contributed by atoms with E-state index in [0.717, 1.165) is 24.2 Å². The average Bonchev–Trinajstić information content (AvgIpc) is 2.75. The number of rotatable bonds is 2. The maximum absolute atomic E-state index is 3.88. The minimum absolute atomic E-state index is 0.739. The van der Waals surface area contributed by atoms with E-state index >= 15 is 0 Å². The molecule has 0 aromatic rings. The molecule has 2 N–H and O–H groups in total. The van der Waals surface area contributed by atoms with Gasteiger partial charge in [-0.3, -0.25) is 4.90 Å². The van der Waals surface area contributed by atoms with Gasteiger partial charge in [0.25, 0.3) is 0 Å². The molecule has 0 radical (unpaired) electrons. The number of fused-ring (bicyclic) bond motifs is 2. The molecule has 0 aromatic carbocycles. The van der Waals surface area contributed by atoms with Crippen molar-refractivity contribution < 1.29 is 0 Å². The summed E-state index contributed by atoms with van der Waals surface area (Å²) in [7, 11) is 2.32. The fraction of sp³-hybridized carbons (Fsp3) is 1.00. The molecular formula is C12H23N3. The highest BCUT2D eigenvalue weighted by Gasteiger charge is 2.41.